The van der Waals surface area contributed by atoms with Crippen LogP contribution in [0.25, 0.3) is 0 Å². The van der Waals surface area contributed by atoms with Crippen LogP contribution in [0.2, 0.25) is 5.04 Å². The number of carbonyl (C=O) groups excluding carboxylic acids is 2. The molecule has 0 radical (unpaired) electrons. The lowest BCUT2D eigenvalue weighted by atomic mass is 10.0. The molecule has 0 N–H and O–H groups in total. The maximum atomic E-state index is 12.8. The average molecular weight is 849 g/mol. The van der Waals surface area contributed by atoms with Gasteiger partial charge in [-0.1, -0.05) is 249 Å². The maximum Gasteiger partial charge on any atom is 0.305 e. The van der Waals surface area contributed by atoms with Gasteiger partial charge < -0.3 is 13.9 Å². The Balaban J connectivity index is 1.83. The first-order valence-corrected chi connectivity index (χ1v) is 27.2. The number of carbonyl (C=O) groups is 2. The Bertz CT molecular complexity index is 1200. The Morgan fingerprint density at radius 2 is 0.767 bits per heavy atom. The topological polar surface area (TPSA) is 61.8 Å². The number of esters is 2. The van der Waals surface area contributed by atoms with Gasteiger partial charge in [-0.05, 0) is 47.0 Å². The fourth-order valence-corrected chi connectivity index (χ4v) is 13.4. The monoisotopic (exact) mass is 849 g/mol. The highest BCUT2D eigenvalue weighted by atomic mass is 28.4. The number of hydrogen-bond donors (Lipinski definition) is 0. The number of ether oxygens (including phenoxy) is 2. The van der Waals surface area contributed by atoms with Crippen LogP contribution in [0, 0.1) is 5.92 Å². The predicted octanol–water partition coefficient (Wildman–Crippen LogP) is 15.0. The minimum atomic E-state index is -2.74. The van der Waals surface area contributed by atoms with Gasteiger partial charge in [0.15, 0.2) is 0 Å². The van der Waals surface area contributed by atoms with Crippen molar-refractivity contribution in [3.8, 4) is 0 Å². The van der Waals surface area contributed by atoms with E-state index in [1.165, 1.54) is 152 Å². The van der Waals surface area contributed by atoms with Crippen molar-refractivity contribution in [1.29, 1.82) is 0 Å². The molecule has 0 saturated carbocycles. The van der Waals surface area contributed by atoms with Crippen molar-refractivity contribution in [1.82, 2.24) is 0 Å². The third-order valence-corrected chi connectivity index (χ3v) is 17.5. The Morgan fingerprint density at radius 1 is 0.467 bits per heavy atom. The van der Waals surface area contributed by atoms with Crippen molar-refractivity contribution in [2.45, 2.75) is 232 Å². The Morgan fingerprint density at radius 3 is 1.07 bits per heavy atom. The van der Waals surface area contributed by atoms with Crippen LogP contribution in [0.4, 0.5) is 0 Å². The van der Waals surface area contributed by atoms with E-state index in [9.17, 15) is 9.59 Å². The summed E-state index contributed by atoms with van der Waals surface area (Å²) in [5, 5.41) is 2.35. The molecule has 2 aromatic rings. The second-order valence-electron chi connectivity index (χ2n) is 18.8. The first-order valence-electron chi connectivity index (χ1n) is 25.3. The van der Waals surface area contributed by atoms with E-state index in [0.29, 0.717) is 45.5 Å². The van der Waals surface area contributed by atoms with Crippen molar-refractivity contribution in [2.75, 3.05) is 19.8 Å². The fraction of sp³-hybridized carbons (Fsp3) is 0.741. The van der Waals surface area contributed by atoms with Gasteiger partial charge in [-0.2, -0.15) is 0 Å². The molecule has 0 spiro atoms. The zero-order valence-electron chi connectivity index (χ0n) is 39.7. The minimum absolute atomic E-state index is 0.0833. The van der Waals surface area contributed by atoms with E-state index in [1.54, 1.807) is 0 Å². The highest BCUT2D eigenvalue weighted by molar-refractivity contribution is 6.99. The maximum absolute atomic E-state index is 12.8. The van der Waals surface area contributed by atoms with E-state index in [4.69, 9.17) is 13.9 Å². The zero-order chi connectivity index (χ0) is 43.4. The summed E-state index contributed by atoms with van der Waals surface area (Å²) in [4.78, 5) is 25.6. The van der Waals surface area contributed by atoms with E-state index in [-0.39, 0.29) is 22.9 Å². The lowest BCUT2D eigenvalue weighted by Gasteiger charge is -2.43. The summed E-state index contributed by atoms with van der Waals surface area (Å²) in [6, 6.07) is 21.5. The van der Waals surface area contributed by atoms with Crippen LogP contribution >= 0.6 is 0 Å². The van der Waals surface area contributed by atoms with Crippen LogP contribution in [0.3, 0.4) is 0 Å². The van der Waals surface area contributed by atoms with Gasteiger partial charge in [0.25, 0.3) is 8.32 Å². The molecule has 2 aromatic carbocycles. The third-order valence-electron chi connectivity index (χ3n) is 12.5. The summed E-state index contributed by atoms with van der Waals surface area (Å²) in [6.07, 6.45) is 35.8. The number of hydrogen-bond acceptors (Lipinski definition) is 5. The second-order valence-corrected chi connectivity index (χ2v) is 23.1. The summed E-state index contributed by atoms with van der Waals surface area (Å²) in [5.41, 5.74) is 0. The van der Waals surface area contributed by atoms with Gasteiger partial charge in [-0.25, -0.2) is 0 Å². The SMILES string of the molecule is CCCCCCCCCCCCCCCC(=O)OCCC(CCOC(=O)CCCCCCCCCCCCCCC)CO[Si](c1ccccc1)(c1ccccc1)C(C)(C)C. The molecule has 0 fully saturated rings. The van der Waals surface area contributed by atoms with Gasteiger partial charge in [0, 0.05) is 19.4 Å². The van der Waals surface area contributed by atoms with Crippen molar-refractivity contribution in [2.24, 2.45) is 5.92 Å². The van der Waals surface area contributed by atoms with Gasteiger partial charge in [0.1, 0.15) is 0 Å². The van der Waals surface area contributed by atoms with Crippen LogP contribution in [-0.4, -0.2) is 40.1 Å². The van der Waals surface area contributed by atoms with E-state index in [2.05, 4.69) is 95.3 Å². The largest absolute Gasteiger partial charge is 0.466 e. The smallest absolute Gasteiger partial charge is 0.305 e. The first kappa shape index (κ1) is 53.7. The van der Waals surface area contributed by atoms with Gasteiger partial charge in [0.2, 0.25) is 0 Å². The van der Waals surface area contributed by atoms with Crippen LogP contribution in [0.1, 0.15) is 227 Å². The Kier molecular flexibility index (Phi) is 31.4. The lowest BCUT2D eigenvalue weighted by molar-refractivity contribution is -0.144. The predicted molar refractivity (Wildman–Crippen MR) is 259 cm³/mol. The van der Waals surface area contributed by atoms with Gasteiger partial charge >= 0.3 is 11.9 Å². The van der Waals surface area contributed by atoms with E-state index in [0.717, 1.165) is 25.7 Å². The first-order chi connectivity index (χ1) is 29.2. The second kappa shape index (κ2) is 35.1. The zero-order valence-corrected chi connectivity index (χ0v) is 40.7. The number of rotatable bonds is 39. The fourth-order valence-electron chi connectivity index (χ4n) is 8.71. The van der Waals surface area contributed by atoms with Crippen LogP contribution in [-0.2, 0) is 23.5 Å². The molecule has 0 aromatic heterocycles. The quantitative estimate of drug-likeness (QED) is 0.0381. The van der Waals surface area contributed by atoms with Crippen molar-refractivity contribution in [3.63, 3.8) is 0 Å². The summed E-state index contributed by atoms with van der Waals surface area (Å²) in [6.45, 7) is 12.7. The van der Waals surface area contributed by atoms with Crippen molar-refractivity contribution >= 4 is 30.6 Å². The van der Waals surface area contributed by atoms with Crippen molar-refractivity contribution in [3.05, 3.63) is 60.7 Å². The molecule has 342 valence electrons. The minimum Gasteiger partial charge on any atom is -0.466 e. The van der Waals surface area contributed by atoms with E-state index >= 15 is 0 Å². The van der Waals surface area contributed by atoms with Gasteiger partial charge in [-0.3, -0.25) is 9.59 Å². The summed E-state index contributed by atoms with van der Waals surface area (Å²) in [7, 11) is -2.74. The molecular formula is C54H92O5Si. The molecule has 0 saturated heterocycles. The normalized spacial score (nSPS) is 12.0. The van der Waals surface area contributed by atoms with E-state index < -0.39 is 8.32 Å². The molecule has 0 aliphatic rings. The summed E-state index contributed by atoms with van der Waals surface area (Å²) >= 11 is 0. The molecular weight excluding hydrogens is 757 g/mol. The highest BCUT2D eigenvalue weighted by Crippen LogP contribution is 2.37. The molecule has 0 aliphatic heterocycles. The number of benzene rings is 2. The summed E-state index contributed by atoms with van der Waals surface area (Å²) < 4.78 is 18.9. The lowest BCUT2D eigenvalue weighted by Crippen LogP contribution is -2.66. The Hall–Kier alpha value is -2.44. The molecule has 2 rings (SSSR count). The molecule has 0 aliphatic carbocycles. The molecule has 0 unspecified atom stereocenters. The molecule has 60 heavy (non-hydrogen) atoms. The molecule has 0 bridgehead atoms. The molecule has 5 nitrogen and oxygen atoms in total. The third kappa shape index (κ3) is 24.3. The van der Waals surface area contributed by atoms with Gasteiger partial charge in [0.05, 0.1) is 13.2 Å². The Labute approximate surface area is 371 Å². The molecule has 0 heterocycles. The molecule has 0 amide bonds. The standard InChI is InChI=1S/C54H92O5Si/c1-6-8-10-12-14-16-18-20-22-24-26-28-36-42-52(55)57-46-44-49(45-47-58-53(56)43-37-29-27-25-23-21-19-17-15-13-11-9-7-2)48-59-60(54(3,4)5,50-38-32-30-33-39-50)51-40-34-31-35-41-51/h30-35,38-41,49H,6-29,36-37,42-48H2,1-5H3. The average Bonchev–Trinajstić information content (AvgIpc) is 3.24. The summed E-state index contributed by atoms with van der Waals surface area (Å²) in [5.74, 6) is -0.122. The van der Waals surface area contributed by atoms with Gasteiger partial charge in [-0.15, -0.1) is 0 Å². The van der Waals surface area contributed by atoms with E-state index in [1.807, 2.05) is 0 Å². The highest BCUT2D eigenvalue weighted by Gasteiger charge is 2.50. The molecule has 0 atom stereocenters. The number of unbranched alkanes of at least 4 members (excludes halogenated alkanes) is 24. The van der Waals surface area contributed by atoms with Crippen LogP contribution in [0.15, 0.2) is 60.7 Å². The van der Waals surface area contributed by atoms with Crippen LogP contribution in [0.5, 0.6) is 0 Å². The van der Waals surface area contributed by atoms with Crippen LogP contribution < -0.4 is 10.4 Å². The van der Waals surface area contributed by atoms with Crippen molar-refractivity contribution < 1.29 is 23.5 Å². The molecule has 6 heteroatoms.